The largest absolute Gasteiger partial charge is 0.210 e. The minimum Gasteiger partial charge on any atom is -0.210 e. The summed E-state index contributed by atoms with van der Waals surface area (Å²) >= 11 is 0. The Kier molecular flexibility index (Phi) is 6.67. The van der Waals surface area contributed by atoms with Crippen LogP contribution in [0.4, 0.5) is 0 Å². The second-order valence-corrected chi connectivity index (χ2v) is 3.13. The summed E-state index contributed by atoms with van der Waals surface area (Å²) in [4.78, 5) is 7.94. The van der Waals surface area contributed by atoms with Crippen molar-refractivity contribution in [2.45, 2.75) is 0 Å². The van der Waals surface area contributed by atoms with Gasteiger partial charge in [0.15, 0.2) is 0 Å². The molecule has 0 N–H and O–H groups in total. The molecule has 0 amide bonds. The average Bonchev–Trinajstić information content (AvgIpc) is 2.42. The van der Waals surface area contributed by atoms with Crippen LogP contribution in [0, 0.1) is 0 Å². The van der Waals surface area contributed by atoms with E-state index in [1.54, 1.807) is 0 Å². The Hall–Kier alpha value is -1.68. The monoisotopic (exact) mass is 232 g/mol. The SMILES string of the molecule is COOOC.c1ccc(-c2ccccc2)cc1. The quantitative estimate of drug-likeness (QED) is 0.599. The van der Waals surface area contributed by atoms with Crippen LogP contribution in [0.25, 0.3) is 11.1 Å². The van der Waals surface area contributed by atoms with Gasteiger partial charge in [0.05, 0.1) is 14.2 Å². The molecule has 3 heteroatoms. The van der Waals surface area contributed by atoms with Gasteiger partial charge in [0.25, 0.3) is 0 Å². The lowest BCUT2D eigenvalue weighted by Crippen LogP contribution is -1.82. The highest BCUT2D eigenvalue weighted by atomic mass is 17.5. The summed E-state index contributed by atoms with van der Waals surface area (Å²) in [6.45, 7) is 0. The molecule has 0 saturated heterocycles. The molecule has 2 aromatic rings. The van der Waals surface area contributed by atoms with Crippen LogP contribution in [0.5, 0.6) is 0 Å². The van der Waals surface area contributed by atoms with Crippen molar-refractivity contribution in [2.24, 2.45) is 0 Å². The predicted octanol–water partition coefficient (Wildman–Crippen LogP) is 3.48. The van der Waals surface area contributed by atoms with Crippen LogP contribution >= 0.6 is 0 Å². The Bertz CT molecular complexity index is 347. The van der Waals surface area contributed by atoms with Crippen LogP contribution in [0.2, 0.25) is 0 Å². The first-order valence-electron chi connectivity index (χ1n) is 5.22. The molecule has 2 aromatic carbocycles. The average molecular weight is 232 g/mol. The maximum Gasteiger partial charge on any atom is 0.0744 e. The smallest absolute Gasteiger partial charge is 0.0744 e. The fourth-order valence-electron chi connectivity index (χ4n) is 1.33. The van der Waals surface area contributed by atoms with Gasteiger partial charge in [0.2, 0.25) is 0 Å². The van der Waals surface area contributed by atoms with Crippen molar-refractivity contribution in [1.29, 1.82) is 0 Å². The minimum absolute atomic E-state index is 1.28. The Labute approximate surface area is 101 Å². The molecule has 0 aliphatic heterocycles. The molecule has 0 spiro atoms. The molecule has 3 nitrogen and oxygen atoms in total. The molecule has 17 heavy (non-hydrogen) atoms. The van der Waals surface area contributed by atoms with Crippen molar-refractivity contribution in [1.82, 2.24) is 0 Å². The van der Waals surface area contributed by atoms with Gasteiger partial charge in [0.1, 0.15) is 0 Å². The lowest BCUT2D eigenvalue weighted by Gasteiger charge is -1.98. The molecule has 90 valence electrons. The normalized spacial score (nSPS) is 9.29. The van der Waals surface area contributed by atoms with E-state index < -0.39 is 0 Å². The highest BCUT2D eigenvalue weighted by molar-refractivity contribution is 5.62. The number of benzene rings is 2. The predicted molar refractivity (Wildman–Crippen MR) is 67.0 cm³/mol. The fourth-order valence-corrected chi connectivity index (χ4v) is 1.33. The summed E-state index contributed by atoms with van der Waals surface area (Å²) < 4.78 is 0. The van der Waals surface area contributed by atoms with E-state index in [1.165, 1.54) is 25.3 Å². The first-order chi connectivity index (χ1) is 8.38. The summed E-state index contributed by atoms with van der Waals surface area (Å²) in [6.07, 6.45) is 0. The van der Waals surface area contributed by atoms with E-state index in [4.69, 9.17) is 0 Å². The highest BCUT2D eigenvalue weighted by Gasteiger charge is 1.91. The van der Waals surface area contributed by atoms with Crippen molar-refractivity contribution in [2.75, 3.05) is 14.2 Å². The van der Waals surface area contributed by atoms with E-state index in [0.29, 0.717) is 0 Å². The third-order valence-corrected chi connectivity index (χ3v) is 2.02. The summed E-state index contributed by atoms with van der Waals surface area (Å²) in [6, 6.07) is 20.8. The molecule has 0 heterocycles. The second-order valence-electron chi connectivity index (χ2n) is 3.13. The van der Waals surface area contributed by atoms with E-state index in [1.807, 2.05) is 12.1 Å². The summed E-state index contributed by atoms with van der Waals surface area (Å²) in [7, 11) is 2.73. The van der Waals surface area contributed by atoms with Crippen LogP contribution in [0.15, 0.2) is 60.7 Å². The van der Waals surface area contributed by atoms with Crippen molar-refractivity contribution in [3.05, 3.63) is 60.7 Å². The Balaban J connectivity index is 0.000000249. The van der Waals surface area contributed by atoms with E-state index >= 15 is 0 Å². The zero-order valence-corrected chi connectivity index (χ0v) is 10.00. The van der Waals surface area contributed by atoms with Gasteiger partial charge in [-0.3, -0.25) is 0 Å². The summed E-state index contributed by atoms with van der Waals surface area (Å²) in [5, 5.41) is 3.83. The number of hydrogen-bond donors (Lipinski definition) is 0. The van der Waals surface area contributed by atoms with Crippen LogP contribution < -0.4 is 0 Å². The molecule has 2 rings (SSSR count). The minimum atomic E-state index is 1.28. The first-order valence-corrected chi connectivity index (χ1v) is 5.22. The zero-order valence-electron chi connectivity index (χ0n) is 10.00. The Morgan fingerprint density at radius 3 is 1.18 bits per heavy atom. The van der Waals surface area contributed by atoms with E-state index in [2.05, 4.69) is 63.3 Å². The molecular weight excluding hydrogens is 216 g/mol. The molecule has 0 atom stereocenters. The molecule has 0 bridgehead atoms. The van der Waals surface area contributed by atoms with Crippen LogP contribution in [-0.4, -0.2) is 14.2 Å². The lowest BCUT2D eigenvalue weighted by molar-refractivity contribution is -0.491. The van der Waals surface area contributed by atoms with Gasteiger partial charge < -0.3 is 0 Å². The summed E-state index contributed by atoms with van der Waals surface area (Å²) in [5.41, 5.74) is 2.55. The van der Waals surface area contributed by atoms with Gasteiger partial charge in [-0.05, 0) is 11.1 Å². The topological polar surface area (TPSA) is 27.7 Å². The van der Waals surface area contributed by atoms with Crippen molar-refractivity contribution in [3.63, 3.8) is 0 Å². The Morgan fingerprint density at radius 1 is 0.588 bits per heavy atom. The van der Waals surface area contributed by atoms with Gasteiger partial charge in [-0.25, -0.2) is 9.78 Å². The van der Waals surface area contributed by atoms with Crippen molar-refractivity contribution >= 4 is 0 Å². The first kappa shape index (κ1) is 13.4. The fraction of sp³-hybridized carbons (Fsp3) is 0.143. The molecule has 0 radical (unpaired) electrons. The maximum absolute atomic E-state index is 3.97. The number of rotatable bonds is 3. The van der Waals surface area contributed by atoms with Crippen LogP contribution in [0.3, 0.4) is 0 Å². The molecule has 0 aromatic heterocycles. The third-order valence-electron chi connectivity index (χ3n) is 2.02. The standard InChI is InChI=1S/C12H10.C2H6O3/c1-3-7-11(8-4-1)12-9-5-2-6-10-12;1-3-5-4-2/h1-10H;1-2H3. The molecule has 0 fully saturated rings. The third kappa shape index (κ3) is 5.26. The van der Waals surface area contributed by atoms with Crippen LogP contribution in [0.1, 0.15) is 0 Å². The molecule has 0 unspecified atom stereocenters. The van der Waals surface area contributed by atoms with Gasteiger partial charge in [0, 0.05) is 0 Å². The van der Waals surface area contributed by atoms with E-state index in [9.17, 15) is 0 Å². The van der Waals surface area contributed by atoms with Crippen molar-refractivity contribution in [3.8, 4) is 11.1 Å². The van der Waals surface area contributed by atoms with Crippen molar-refractivity contribution < 1.29 is 14.8 Å². The van der Waals surface area contributed by atoms with Crippen LogP contribution in [-0.2, 0) is 14.8 Å². The Morgan fingerprint density at radius 2 is 0.941 bits per heavy atom. The zero-order chi connectivity index (χ0) is 12.3. The molecular formula is C14H16O3. The summed E-state index contributed by atoms with van der Waals surface area (Å²) in [5.74, 6) is 0. The van der Waals surface area contributed by atoms with Gasteiger partial charge in [-0.15, -0.1) is 0 Å². The molecule has 0 saturated carbocycles. The van der Waals surface area contributed by atoms with E-state index in [-0.39, 0.29) is 0 Å². The molecule has 0 aliphatic carbocycles. The number of hydrogen-bond acceptors (Lipinski definition) is 3. The van der Waals surface area contributed by atoms with Gasteiger partial charge in [-0.2, -0.15) is 0 Å². The maximum atomic E-state index is 3.97. The molecule has 0 aliphatic rings. The van der Waals surface area contributed by atoms with Gasteiger partial charge in [-0.1, -0.05) is 65.7 Å². The van der Waals surface area contributed by atoms with Gasteiger partial charge >= 0.3 is 0 Å². The second kappa shape index (κ2) is 8.47. The lowest BCUT2D eigenvalue weighted by atomic mass is 10.1. The highest BCUT2D eigenvalue weighted by Crippen LogP contribution is 2.17. The van der Waals surface area contributed by atoms with E-state index in [0.717, 1.165) is 0 Å².